The van der Waals surface area contributed by atoms with Crippen LogP contribution in [0.2, 0.25) is 0 Å². The van der Waals surface area contributed by atoms with E-state index in [4.69, 9.17) is 9.73 Å². The summed E-state index contributed by atoms with van der Waals surface area (Å²) >= 11 is 1.61. The van der Waals surface area contributed by atoms with E-state index in [0.29, 0.717) is 12.0 Å². The van der Waals surface area contributed by atoms with Gasteiger partial charge >= 0.3 is 0 Å². The number of aromatic nitrogens is 1. The molecule has 0 radical (unpaired) electrons. The smallest absolute Gasteiger partial charge is 0.190 e. The molecule has 0 saturated carbocycles. The number of thiazole rings is 1. The van der Waals surface area contributed by atoms with E-state index in [-0.39, 0.29) is 5.82 Å². The Labute approximate surface area is 170 Å². The van der Waals surface area contributed by atoms with Crippen molar-refractivity contribution in [3.63, 3.8) is 0 Å². The van der Waals surface area contributed by atoms with E-state index in [1.165, 1.54) is 12.1 Å². The van der Waals surface area contributed by atoms with Crippen LogP contribution in [-0.4, -0.2) is 11.7 Å². The predicted molar refractivity (Wildman–Crippen MR) is 115 cm³/mol. The third-order valence-electron chi connectivity index (χ3n) is 4.78. The third-order valence-corrected chi connectivity index (χ3v) is 5.62. The van der Waals surface area contributed by atoms with E-state index in [1.54, 1.807) is 18.4 Å². The Balaban J connectivity index is 2.05. The Morgan fingerprint density at radius 1 is 1.00 bits per heavy atom. The molecule has 0 fully saturated rings. The van der Waals surface area contributed by atoms with Crippen molar-refractivity contribution in [1.29, 1.82) is 0 Å². The molecule has 0 N–H and O–H groups in total. The summed E-state index contributed by atoms with van der Waals surface area (Å²) in [4.78, 5) is 5.83. The van der Waals surface area contributed by atoms with E-state index in [9.17, 15) is 4.39 Å². The number of nitrogens with zero attached hydrogens (tertiary/aromatic N) is 2. The maximum Gasteiger partial charge on any atom is 0.190 e. The Bertz CT molecular complexity index is 956. The van der Waals surface area contributed by atoms with E-state index in [1.807, 2.05) is 36.4 Å². The molecular weight excluding hydrogens is 371 g/mol. The van der Waals surface area contributed by atoms with E-state index < -0.39 is 0 Å². The van der Waals surface area contributed by atoms with Crippen LogP contribution in [0.3, 0.4) is 0 Å². The van der Waals surface area contributed by atoms with Crippen LogP contribution in [0.1, 0.15) is 39.7 Å². The number of hydrogen-bond donors (Lipinski definition) is 0. The standard InChI is InChI=1S/C23H27FN2OS/c1-16(2)5-6-17(3)26-22(18-7-9-19(24)10-8-18)15-28-23(26)25-20-11-13-21(27-4)14-12-20/h7-17H,5-6H2,1-4H3/t17-/m1/s1. The van der Waals surface area contributed by atoms with E-state index in [2.05, 4.69) is 30.7 Å². The molecule has 3 aromatic rings. The molecule has 1 aromatic heterocycles. The molecule has 0 aliphatic rings. The van der Waals surface area contributed by atoms with Crippen molar-refractivity contribution in [2.24, 2.45) is 10.9 Å². The Morgan fingerprint density at radius 3 is 2.29 bits per heavy atom. The second kappa shape index (κ2) is 9.20. The average Bonchev–Trinajstić information content (AvgIpc) is 3.11. The van der Waals surface area contributed by atoms with Crippen LogP contribution in [0.5, 0.6) is 5.75 Å². The van der Waals surface area contributed by atoms with Gasteiger partial charge in [0.05, 0.1) is 18.5 Å². The summed E-state index contributed by atoms with van der Waals surface area (Å²) in [5.41, 5.74) is 2.97. The molecule has 0 aliphatic heterocycles. The van der Waals surface area contributed by atoms with Gasteiger partial charge in [-0.05, 0) is 79.8 Å². The molecule has 1 heterocycles. The normalized spacial score (nSPS) is 13.1. The largest absolute Gasteiger partial charge is 0.497 e. The second-order valence-corrected chi connectivity index (χ2v) is 8.25. The quantitative estimate of drug-likeness (QED) is 0.441. The molecule has 3 rings (SSSR count). The summed E-state index contributed by atoms with van der Waals surface area (Å²) in [5, 5.41) is 2.11. The van der Waals surface area contributed by atoms with Gasteiger partial charge in [0.1, 0.15) is 11.6 Å². The molecular formula is C23H27FN2OS. The summed E-state index contributed by atoms with van der Waals surface area (Å²) in [6.07, 6.45) is 2.22. The van der Waals surface area contributed by atoms with Crippen LogP contribution in [-0.2, 0) is 0 Å². The van der Waals surface area contributed by atoms with Crippen LogP contribution in [0, 0.1) is 11.7 Å². The minimum atomic E-state index is -0.221. The van der Waals surface area contributed by atoms with Gasteiger partial charge in [0.15, 0.2) is 4.80 Å². The van der Waals surface area contributed by atoms with Gasteiger partial charge in [0, 0.05) is 11.4 Å². The molecule has 0 saturated heterocycles. The van der Waals surface area contributed by atoms with E-state index in [0.717, 1.165) is 40.3 Å². The van der Waals surface area contributed by atoms with Gasteiger partial charge in [0.2, 0.25) is 0 Å². The van der Waals surface area contributed by atoms with Crippen molar-refractivity contribution in [2.45, 2.75) is 39.7 Å². The van der Waals surface area contributed by atoms with Crippen molar-refractivity contribution >= 4 is 17.0 Å². The van der Waals surface area contributed by atoms with Crippen molar-refractivity contribution in [2.75, 3.05) is 7.11 Å². The van der Waals surface area contributed by atoms with Crippen molar-refractivity contribution in [3.8, 4) is 17.0 Å². The van der Waals surface area contributed by atoms with Gasteiger partial charge in [-0.3, -0.25) is 0 Å². The first-order chi connectivity index (χ1) is 13.5. The van der Waals surface area contributed by atoms with Gasteiger partial charge in [-0.1, -0.05) is 13.8 Å². The minimum Gasteiger partial charge on any atom is -0.497 e. The molecule has 1 atom stereocenters. The van der Waals surface area contributed by atoms with Crippen LogP contribution in [0.15, 0.2) is 58.9 Å². The number of ether oxygens (including phenoxy) is 1. The predicted octanol–water partition coefficient (Wildman–Crippen LogP) is 6.59. The zero-order valence-corrected chi connectivity index (χ0v) is 17.7. The first-order valence-corrected chi connectivity index (χ1v) is 10.5. The van der Waals surface area contributed by atoms with Crippen LogP contribution in [0.25, 0.3) is 11.3 Å². The van der Waals surface area contributed by atoms with Crippen LogP contribution < -0.4 is 9.54 Å². The zero-order valence-electron chi connectivity index (χ0n) is 16.9. The highest BCUT2D eigenvalue weighted by atomic mass is 32.1. The SMILES string of the molecule is COc1ccc(N=c2scc(-c3ccc(F)cc3)n2[C@H](C)CCC(C)C)cc1. The highest BCUT2D eigenvalue weighted by Crippen LogP contribution is 2.27. The first-order valence-electron chi connectivity index (χ1n) is 9.62. The van der Waals surface area contributed by atoms with E-state index >= 15 is 0 Å². The molecule has 0 spiro atoms. The van der Waals surface area contributed by atoms with Gasteiger partial charge in [-0.2, -0.15) is 0 Å². The lowest BCUT2D eigenvalue weighted by Gasteiger charge is -2.18. The number of halogens is 1. The van der Waals surface area contributed by atoms with Gasteiger partial charge in [-0.15, -0.1) is 11.3 Å². The maximum absolute atomic E-state index is 13.4. The number of hydrogen-bond acceptors (Lipinski definition) is 3. The molecule has 0 aliphatic carbocycles. The Kier molecular flexibility index (Phi) is 6.68. The van der Waals surface area contributed by atoms with Gasteiger partial charge < -0.3 is 9.30 Å². The molecule has 0 unspecified atom stereocenters. The number of rotatable bonds is 7. The second-order valence-electron chi connectivity index (χ2n) is 7.41. The maximum atomic E-state index is 13.4. The third kappa shape index (κ3) is 4.90. The fourth-order valence-corrected chi connectivity index (χ4v) is 4.15. The van der Waals surface area contributed by atoms with Crippen LogP contribution in [0.4, 0.5) is 10.1 Å². The Morgan fingerprint density at radius 2 is 1.68 bits per heavy atom. The monoisotopic (exact) mass is 398 g/mol. The molecule has 0 amide bonds. The zero-order chi connectivity index (χ0) is 20.1. The molecule has 28 heavy (non-hydrogen) atoms. The summed E-state index contributed by atoms with van der Waals surface area (Å²) in [6.45, 7) is 6.72. The van der Waals surface area contributed by atoms with Crippen molar-refractivity contribution in [3.05, 3.63) is 64.5 Å². The highest BCUT2D eigenvalue weighted by Gasteiger charge is 2.15. The summed E-state index contributed by atoms with van der Waals surface area (Å²) in [6, 6.07) is 14.7. The van der Waals surface area contributed by atoms with Gasteiger partial charge in [-0.25, -0.2) is 9.38 Å². The lowest BCUT2D eigenvalue weighted by Crippen LogP contribution is -2.20. The van der Waals surface area contributed by atoms with Crippen molar-refractivity contribution in [1.82, 2.24) is 4.57 Å². The fraction of sp³-hybridized carbons (Fsp3) is 0.348. The average molecular weight is 399 g/mol. The molecule has 2 aromatic carbocycles. The van der Waals surface area contributed by atoms with Crippen LogP contribution >= 0.6 is 11.3 Å². The fourth-order valence-electron chi connectivity index (χ4n) is 3.13. The lowest BCUT2D eigenvalue weighted by atomic mass is 10.0. The summed E-state index contributed by atoms with van der Waals surface area (Å²) < 4.78 is 20.9. The topological polar surface area (TPSA) is 26.5 Å². The molecule has 0 bridgehead atoms. The molecule has 3 nitrogen and oxygen atoms in total. The van der Waals surface area contributed by atoms with Gasteiger partial charge in [0.25, 0.3) is 0 Å². The number of benzene rings is 2. The summed E-state index contributed by atoms with van der Waals surface area (Å²) in [7, 11) is 1.66. The molecule has 5 heteroatoms. The number of methoxy groups -OCH3 is 1. The Hall–Kier alpha value is -2.40. The van der Waals surface area contributed by atoms with Crippen molar-refractivity contribution < 1.29 is 9.13 Å². The molecule has 148 valence electrons. The first kappa shape index (κ1) is 20.3. The lowest BCUT2D eigenvalue weighted by molar-refractivity contribution is 0.415. The summed E-state index contributed by atoms with van der Waals surface area (Å²) in [5.74, 6) is 1.25. The minimum absolute atomic E-state index is 0.221. The highest BCUT2D eigenvalue weighted by molar-refractivity contribution is 7.07.